The van der Waals surface area contributed by atoms with Crippen LogP contribution in [0.1, 0.15) is 0 Å². The summed E-state index contributed by atoms with van der Waals surface area (Å²) in [6.45, 7) is 0. The van der Waals surface area contributed by atoms with Gasteiger partial charge in [-0.15, -0.1) is 0 Å². The molecule has 0 aliphatic carbocycles. The standard InChI is InChI=1S/C12H7IN4O3/c13-9-5-4-8(7-14-9)20-11-12(17(18)19)16-6-2-1-3-10(16)15-11/h1-7H. The van der Waals surface area contributed by atoms with Gasteiger partial charge in [0, 0.05) is 6.07 Å². The monoisotopic (exact) mass is 382 g/mol. The van der Waals surface area contributed by atoms with Gasteiger partial charge in [-0.2, -0.15) is 9.38 Å². The predicted molar refractivity (Wildman–Crippen MR) is 78.9 cm³/mol. The van der Waals surface area contributed by atoms with Crippen LogP contribution in [0, 0.1) is 13.8 Å². The summed E-state index contributed by atoms with van der Waals surface area (Å²) in [7, 11) is 0. The quantitative estimate of drug-likeness (QED) is 0.301. The van der Waals surface area contributed by atoms with E-state index in [0.29, 0.717) is 11.4 Å². The summed E-state index contributed by atoms with van der Waals surface area (Å²) >= 11 is 2.06. The molecule has 0 bridgehead atoms. The number of fused-ring (bicyclic) bond motifs is 1. The summed E-state index contributed by atoms with van der Waals surface area (Å²) in [4.78, 5) is 18.9. The molecule has 0 N–H and O–H groups in total. The lowest BCUT2D eigenvalue weighted by Gasteiger charge is -2.01. The Balaban J connectivity index is 2.08. The molecular weight excluding hydrogens is 375 g/mol. The molecule has 0 aliphatic rings. The van der Waals surface area contributed by atoms with Gasteiger partial charge >= 0.3 is 11.7 Å². The van der Waals surface area contributed by atoms with Gasteiger partial charge in [0.05, 0.1) is 12.4 Å². The van der Waals surface area contributed by atoms with Gasteiger partial charge in [0.25, 0.3) is 0 Å². The molecule has 0 radical (unpaired) electrons. The van der Waals surface area contributed by atoms with E-state index < -0.39 is 4.92 Å². The van der Waals surface area contributed by atoms with Gasteiger partial charge in [-0.3, -0.25) is 0 Å². The van der Waals surface area contributed by atoms with Crippen LogP contribution in [0.25, 0.3) is 5.65 Å². The second-order valence-corrected chi connectivity index (χ2v) is 4.95. The highest BCUT2D eigenvalue weighted by Gasteiger charge is 2.24. The Morgan fingerprint density at radius 3 is 2.85 bits per heavy atom. The lowest BCUT2D eigenvalue weighted by atomic mass is 10.5. The van der Waals surface area contributed by atoms with Crippen molar-refractivity contribution in [3.63, 3.8) is 0 Å². The molecule has 3 rings (SSSR count). The van der Waals surface area contributed by atoms with Crippen LogP contribution in [0.15, 0.2) is 42.7 Å². The maximum atomic E-state index is 11.2. The van der Waals surface area contributed by atoms with Crippen molar-refractivity contribution in [1.29, 1.82) is 0 Å². The van der Waals surface area contributed by atoms with Gasteiger partial charge in [-0.05, 0) is 45.7 Å². The molecule has 0 unspecified atom stereocenters. The first-order valence-corrected chi connectivity index (χ1v) is 6.64. The van der Waals surface area contributed by atoms with E-state index in [4.69, 9.17) is 4.74 Å². The fourth-order valence-corrected chi connectivity index (χ4v) is 2.05. The van der Waals surface area contributed by atoms with Crippen molar-refractivity contribution < 1.29 is 9.66 Å². The Hall–Kier alpha value is -2.23. The second-order valence-electron chi connectivity index (χ2n) is 3.85. The Morgan fingerprint density at radius 2 is 2.15 bits per heavy atom. The van der Waals surface area contributed by atoms with Crippen molar-refractivity contribution in [1.82, 2.24) is 14.4 Å². The van der Waals surface area contributed by atoms with Gasteiger partial charge in [0.1, 0.15) is 9.45 Å². The zero-order valence-electron chi connectivity index (χ0n) is 9.93. The molecule has 3 aromatic heterocycles. The third kappa shape index (κ3) is 2.29. The lowest BCUT2D eigenvalue weighted by molar-refractivity contribution is -0.391. The highest BCUT2D eigenvalue weighted by atomic mass is 127. The van der Waals surface area contributed by atoms with E-state index in [1.165, 1.54) is 10.6 Å². The SMILES string of the molecule is O=[N+]([O-])c1c(Oc2ccc(I)nc2)nc2ccccn12. The maximum absolute atomic E-state index is 11.2. The van der Waals surface area contributed by atoms with E-state index in [0.717, 1.165) is 3.70 Å². The Bertz CT molecular complexity index is 785. The van der Waals surface area contributed by atoms with Crippen LogP contribution in [0.2, 0.25) is 0 Å². The molecule has 0 amide bonds. The summed E-state index contributed by atoms with van der Waals surface area (Å²) in [5.74, 6) is 0.139. The number of hydrogen-bond donors (Lipinski definition) is 0. The van der Waals surface area contributed by atoms with E-state index in [2.05, 4.69) is 32.6 Å². The lowest BCUT2D eigenvalue weighted by Crippen LogP contribution is -1.96. The smallest absolute Gasteiger partial charge is 0.392 e. The molecule has 0 aliphatic heterocycles. The zero-order valence-corrected chi connectivity index (χ0v) is 12.1. The van der Waals surface area contributed by atoms with Crippen molar-refractivity contribution in [2.24, 2.45) is 0 Å². The van der Waals surface area contributed by atoms with Gasteiger partial charge in [-0.25, -0.2) is 4.98 Å². The van der Waals surface area contributed by atoms with Crippen molar-refractivity contribution in [3.05, 3.63) is 56.5 Å². The summed E-state index contributed by atoms with van der Waals surface area (Å²) < 4.78 is 7.65. The van der Waals surface area contributed by atoms with Crippen LogP contribution in [0.4, 0.5) is 5.82 Å². The van der Waals surface area contributed by atoms with Crippen LogP contribution in [-0.2, 0) is 0 Å². The molecule has 8 heteroatoms. The third-order valence-corrected chi connectivity index (χ3v) is 3.20. The number of ether oxygens (including phenoxy) is 1. The second kappa shape index (κ2) is 5.04. The van der Waals surface area contributed by atoms with Crippen molar-refractivity contribution in [3.8, 4) is 11.6 Å². The van der Waals surface area contributed by atoms with E-state index in [-0.39, 0.29) is 11.7 Å². The number of nitrogens with zero attached hydrogens (tertiary/aromatic N) is 4. The van der Waals surface area contributed by atoms with Gasteiger partial charge in [0.2, 0.25) is 5.65 Å². The Kier molecular flexibility index (Phi) is 3.22. The molecular formula is C12H7IN4O3. The largest absolute Gasteiger partial charge is 0.431 e. The molecule has 0 saturated carbocycles. The molecule has 0 spiro atoms. The summed E-state index contributed by atoms with van der Waals surface area (Å²) in [6.07, 6.45) is 3.06. The van der Waals surface area contributed by atoms with E-state index >= 15 is 0 Å². The van der Waals surface area contributed by atoms with Crippen LogP contribution in [0.3, 0.4) is 0 Å². The molecule has 0 aromatic carbocycles. The summed E-state index contributed by atoms with van der Waals surface area (Å²) in [5.41, 5.74) is 0.452. The number of hydrogen-bond acceptors (Lipinski definition) is 5. The minimum absolute atomic E-state index is 0.0517. The van der Waals surface area contributed by atoms with E-state index in [1.807, 2.05) is 0 Å². The number of halogens is 1. The average Bonchev–Trinajstić information content (AvgIpc) is 2.79. The summed E-state index contributed by atoms with van der Waals surface area (Å²) in [5, 5.41) is 11.2. The molecule has 0 fully saturated rings. The number of imidazole rings is 1. The fraction of sp³-hybridized carbons (Fsp3) is 0. The van der Waals surface area contributed by atoms with Gasteiger partial charge in [-0.1, -0.05) is 6.07 Å². The molecule has 0 saturated heterocycles. The Morgan fingerprint density at radius 1 is 1.30 bits per heavy atom. The molecule has 20 heavy (non-hydrogen) atoms. The summed E-state index contributed by atoms with van der Waals surface area (Å²) in [6, 6.07) is 8.55. The fourth-order valence-electron chi connectivity index (χ4n) is 1.73. The average molecular weight is 382 g/mol. The number of pyridine rings is 2. The number of aromatic nitrogens is 3. The van der Waals surface area contributed by atoms with Crippen molar-refractivity contribution in [2.45, 2.75) is 0 Å². The number of nitro groups is 1. The first-order chi connectivity index (χ1) is 9.65. The van der Waals surface area contributed by atoms with Crippen LogP contribution in [0.5, 0.6) is 11.6 Å². The normalized spacial score (nSPS) is 10.7. The van der Waals surface area contributed by atoms with Gasteiger partial charge < -0.3 is 14.9 Å². The topological polar surface area (TPSA) is 82.6 Å². The first kappa shape index (κ1) is 12.8. The first-order valence-electron chi connectivity index (χ1n) is 5.56. The maximum Gasteiger partial charge on any atom is 0.392 e. The minimum atomic E-state index is -0.518. The van der Waals surface area contributed by atoms with E-state index in [1.54, 1.807) is 36.5 Å². The highest BCUT2D eigenvalue weighted by Crippen LogP contribution is 2.31. The van der Waals surface area contributed by atoms with Crippen molar-refractivity contribution in [2.75, 3.05) is 0 Å². The molecule has 7 nitrogen and oxygen atoms in total. The van der Waals surface area contributed by atoms with Crippen LogP contribution in [-0.4, -0.2) is 19.3 Å². The molecule has 3 heterocycles. The third-order valence-electron chi connectivity index (χ3n) is 2.56. The van der Waals surface area contributed by atoms with Crippen LogP contribution < -0.4 is 4.74 Å². The zero-order chi connectivity index (χ0) is 14.1. The van der Waals surface area contributed by atoms with E-state index in [9.17, 15) is 10.1 Å². The predicted octanol–water partition coefficient (Wildman–Crippen LogP) is 3.03. The Labute approximate surface area is 126 Å². The van der Waals surface area contributed by atoms with Crippen molar-refractivity contribution >= 4 is 34.1 Å². The highest BCUT2D eigenvalue weighted by molar-refractivity contribution is 14.1. The van der Waals surface area contributed by atoms with Crippen LogP contribution >= 0.6 is 22.6 Å². The molecule has 3 aromatic rings. The minimum Gasteiger partial charge on any atom is -0.431 e. The molecule has 100 valence electrons. The molecule has 0 atom stereocenters. The van der Waals surface area contributed by atoms with Gasteiger partial charge in [0.15, 0.2) is 0 Å². The number of rotatable bonds is 3.